The quantitative estimate of drug-likeness (QED) is 0.0301. The maximum absolute atomic E-state index is 12.9. The Hall–Kier alpha value is -4.24. The molecule has 0 heterocycles. The molecule has 1 rings (SSSR count). The van der Waals surface area contributed by atoms with Crippen LogP contribution in [0.2, 0.25) is 0 Å². The summed E-state index contributed by atoms with van der Waals surface area (Å²) in [6, 6.07) is -2.07. The topological polar surface area (TPSA) is 300 Å². The number of unbranched alkanes of at least 4 members (excludes halogenated alkanes) is 2. The molecule has 0 aliphatic heterocycles. The number of carboxylic acids is 2. The molecule has 1 aliphatic rings. The number of carbonyl (C=O) groups excluding carboxylic acids is 6. The van der Waals surface area contributed by atoms with Crippen LogP contribution in [0.3, 0.4) is 0 Å². The van der Waals surface area contributed by atoms with Crippen molar-refractivity contribution in [3.8, 4) is 0 Å². The zero-order valence-electron chi connectivity index (χ0n) is 35.4. The van der Waals surface area contributed by atoms with Gasteiger partial charge in [0.2, 0.25) is 29.5 Å². The summed E-state index contributed by atoms with van der Waals surface area (Å²) in [5, 5.41) is 32.3. The molecule has 344 valence electrons. The smallest absolute Gasteiger partial charge is 0.326 e. The second-order valence-electron chi connectivity index (χ2n) is 15.2. The minimum absolute atomic E-state index is 0.0388. The van der Waals surface area contributed by atoms with E-state index in [0.29, 0.717) is 71.1 Å². The third-order valence-corrected chi connectivity index (χ3v) is 10.2. The number of rotatable bonds is 36. The van der Waals surface area contributed by atoms with Gasteiger partial charge in [0, 0.05) is 45.0 Å². The Labute approximate surface area is 352 Å². The highest BCUT2D eigenvalue weighted by molar-refractivity contribution is 5.85. The van der Waals surface area contributed by atoms with Crippen molar-refractivity contribution in [1.82, 2.24) is 26.6 Å². The molecule has 1 fully saturated rings. The van der Waals surface area contributed by atoms with E-state index in [4.69, 9.17) is 24.7 Å². The van der Waals surface area contributed by atoms with Crippen LogP contribution in [0.5, 0.6) is 0 Å². The summed E-state index contributed by atoms with van der Waals surface area (Å²) in [5.74, 6) is -3.54. The Morgan fingerprint density at radius 2 is 1.20 bits per heavy atom. The molecule has 0 bridgehead atoms. The Balaban J connectivity index is 2.05. The Morgan fingerprint density at radius 1 is 0.633 bits per heavy atom. The van der Waals surface area contributed by atoms with Gasteiger partial charge in [0.05, 0.1) is 39.6 Å². The molecule has 9 N–H and O–H groups in total. The van der Waals surface area contributed by atoms with Crippen LogP contribution in [-0.4, -0.2) is 149 Å². The molecular weight excluding hydrogens is 788 g/mol. The van der Waals surface area contributed by atoms with E-state index in [9.17, 15) is 48.6 Å². The highest BCUT2D eigenvalue weighted by atomic mass is 16.5. The van der Waals surface area contributed by atoms with Crippen LogP contribution in [0.1, 0.15) is 90.9 Å². The normalized spacial score (nSPS) is 17.0. The van der Waals surface area contributed by atoms with Crippen molar-refractivity contribution >= 4 is 47.8 Å². The average Bonchev–Trinajstić information content (AvgIpc) is 3.22. The van der Waals surface area contributed by atoms with Gasteiger partial charge in [0.15, 0.2) is 0 Å². The lowest BCUT2D eigenvalue weighted by atomic mass is 9.81. The number of hydrogen-bond acceptors (Lipinski definition) is 13. The maximum Gasteiger partial charge on any atom is 0.326 e. The van der Waals surface area contributed by atoms with Crippen molar-refractivity contribution < 1.29 is 67.5 Å². The number of nitrogens with one attached hydrogen (secondary N) is 5. The summed E-state index contributed by atoms with van der Waals surface area (Å²) in [7, 11) is 0. The van der Waals surface area contributed by atoms with Gasteiger partial charge in [0.1, 0.15) is 31.6 Å². The fraction of sp³-hybridized carbons (Fsp3) is 0.800. The van der Waals surface area contributed by atoms with Gasteiger partial charge >= 0.3 is 11.9 Å². The predicted molar refractivity (Wildman–Crippen MR) is 217 cm³/mol. The molecule has 5 amide bonds. The van der Waals surface area contributed by atoms with Gasteiger partial charge in [-0.3, -0.25) is 24.0 Å². The minimum atomic E-state index is -1.17. The second kappa shape index (κ2) is 33.5. The van der Waals surface area contributed by atoms with Crippen LogP contribution < -0.4 is 32.3 Å². The predicted octanol–water partition coefficient (Wildman–Crippen LogP) is -0.103. The first-order chi connectivity index (χ1) is 28.8. The summed E-state index contributed by atoms with van der Waals surface area (Å²) in [6.07, 6.45) is 7.03. The number of carbonyl (C=O) groups is 8. The SMILES string of the molecule is CC(CC=O)C(C)CC(=O)NCC1CCC(C(=O)NC(CCCCOCCOCC(=O)NCCOCCOCC(=O)NC(CCCCNC(=O)CN)C(=O)O)C(=O)O)CC1. The zero-order valence-corrected chi connectivity index (χ0v) is 35.4. The fourth-order valence-electron chi connectivity index (χ4n) is 6.29. The number of carboxylic acid groups (broad SMARTS) is 2. The van der Waals surface area contributed by atoms with Crippen molar-refractivity contribution in [3.05, 3.63) is 0 Å². The van der Waals surface area contributed by atoms with E-state index in [1.54, 1.807) is 0 Å². The van der Waals surface area contributed by atoms with Crippen LogP contribution in [0.4, 0.5) is 0 Å². The lowest BCUT2D eigenvalue weighted by Crippen LogP contribution is -2.44. The van der Waals surface area contributed by atoms with Crippen molar-refractivity contribution in [2.24, 2.45) is 29.4 Å². The van der Waals surface area contributed by atoms with Crippen molar-refractivity contribution in [2.45, 2.75) is 103 Å². The molecule has 0 radical (unpaired) electrons. The summed E-state index contributed by atoms with van der Waals surface area (Å²) in [6.45, 7) is 5.62. The van der Waals surface area contributed by atoms with Crippen LogP contribution in [0.25, 0.3) is 0 Å². The van der Waals surface area contributed by atoms with E-state index in [1.807, 2.05) is 13.8 Å². The Bertz CT molecular complexity index is 1300. The third kappa shape index (κ3) is 26.8. The molecule has 0 saturated heterocycles. The van der Waals surface area contributed by atoms with Gasteiger partial charge in [-0.25, -0.2) is 9.59 Å². The highest BCUT2D eigenvalue weighted by Crippen LogP contribution is 2.29. The van der Waals surface area contributed by atoms with Crippen LogP contribution in [0.15, 0.2) is 0 Å². The van der Waals surface area contributed by atoms with Gasteiger partial charge in [-0.05, 0) is 82.0 Å². The van der Waals surface area contributed by atoms with Gasteiger partial charge in [0.25, 0.3) is 0 Å². The average molecular weight is 859 g/mol. The number of nitrogens with two attached hydrogens (primary N) is 1. The van der Waals surface area contributed by atoms with Crippen LogP contribution >= 0.6 is 0 Å². The van der Waals surface area contributed by atoms with Gasteiger partial charge in [-0.15, -0.1) is 0 Å². The third-order valence-electron chi connectivity index (χ3n) is 10.2. The second-order valence-corrected chi connectivity index (χ2v) is 15.2. The summed E-state index contributed by atoms with van der Waals surface area (Å²) < 4.78 is 21.4. The molecule has 0 aromatic heterocycles. The van der Waals surface area contributed by atoms with Crippen molar-refractivity contribution in [2.75, 3.05) is 79.0 Å². The number of aldehydes is 1. The number of ether oxygens (including phenoxy) is 4. The highest BCUT2D eigenvalue weighted by Gasteiger charge is 2.29. The summed E-state index contributed by atoms with van der Waals surface area (Å²) in [5.41, 5.74) is 5.20. The zero-order chi connectivity index (χ0) is 44.5. The molecule has 4 unspecified atom stereocenters. The molecule has 4 atom stereocenters. The first kappa shape index (κ1) is 53.8. The molecule has 0 spiro atoms. The number of hydrogen-bond donors (Lipinski definition) is 8. The number of amides is 5. The molecule has 1 saturated carbocycles. The summed E-state index contributed by atoms with van der Waals surface area (Å²) in [4.78, 5) is 94.3. The van der Waals surface area contributed by atoms with Crippen LogP contribution in [0, 0.1) is 23.7 Å². The van der Waals surface area contributed by atoms with Gasteiger partial charge in [-0.2, -0.15) is 0 Å². The molecule has 20 nitrogen and oxygen atoms in total. The molecule has 1 aliphatic carbocycles. The fourth-order valence-corrected chi connectivity index (χ4v) is 6.29. The number of aliphatic carboxylic acids is 2. The van der Waals surface area contributed by atoms with Crippen LogP contribution in [-0.2, 0) is 57.3 Å². The van der Waals surface area contributed by atoms with E-state index in [1.165, 1.54) is 0 Å². The molecule has 20 heteroatoms. The van der Waals surface area contributed by atoms with E-state index in [2.05, 4.69) is 26.6 Å². The van der Waals surface area contributed by atoms with E-state index >= 15 is 0 Å². The lowest BCUT2D eigenvalue weighted by molar-refractivity contribution is -0.143. The molecule has 60 heavy (non-hydrogen) atoms. The standard InChI is InChI=1S/C40H70N6O14/c1-28(13-16-47)29(2)23-34(48)44-25-30-9-11-31(12-10-30)38(52)46-33(40(55)56)8-4-6-17-57-19-21-59-26-36(50)43-15-18-58-20-22-60-27-37(51)45-32(39(53)54)7-3-5-14-42-35(49)24-41/h16,28-33H,3-15,17-27,41H2,1-2H3,(H,42,49)(H,43,50)(H,44,48)(H,45,51)(H,46,52)(H,53,54)(H,55,56). The molecule has 0 aromatic rings. The first-order valence-corrected chi connectivity index (χ1v) is 21.1. The largest absolute Gasteiger partial charge is 0.480 e. The Morgan fingerprint density at radius 3 is 1.82 bits per heavy atom. The van der Waals surface area contributed by atoms with E-state index < -0.39 is 29.9 Å². The van der Waals surface area contributed by atoms with Crippen molar-refractivity contribution in [3.63, 3.8) is 0 Å². The minimum Gasteiger partial charge on any atom is -0.480 e. The van der Waals surface area contributed by atoms with E-state index in [0.717, 1.165) is 19.1 Å². The van der Waals surface area contributed by atoms with Crippen molar-refractivity contribution in [1.29, 1.82) is 0 Å². The maximum atomic E-state index is 12.9. The van der Waals surface area contributed by atoms with Gasteiger partial charge in [-0.1, -0.05) is 13.8 Å². The Kier molecular flexibility index (Phi) is 30.0. The molecular formula is C40H70N6O14. The van der Waals surface area contributed by atoms with E-state index in [-0.39, 0.29) is 119 Å². The summed E-state index contributed by atoms with van der Waals surface area (Å²) >= 11 is 0. The first-order valence-electron chi connectivity index (χ1n) is 21.1. The lowest BCUT2D eigenvalue weighted by Gasteiger charge is -2.29. The molecule has 0 aromatic carbocycles. The van der Waals surface area contributed by atoms with Gasteiger partial charge < -0.3 is 66.3 Å². The monoisotopic (exact) mass is 858 g/mol.